The fourth-order valence-electron chi connectivity index (χ4n) is 4.73. The normalized spacial score (nSPS) is 14.4. The smallest absolute Gasteiger partial charge is 0.410 e. The largest absolute Gasteiger partial charge is 0.457 e. The number of nitrogens with zero attached hydrogens (tertiary/aromatic N) is 4. The number of piperidine rings is 1. The van der Waals surface area contributed by atoms with Crippen LogP contribution in [-0.4, -0.2) is 50.4 Å². The molecule has 1 aliphatic heterocycles. The summed E-state index contributed by atoms with van der Waals surface area (Å²) in [7, 11) is 0. The molecular weight excluding hydrogens is 501 g/mol. The Labute approximate surface area is 225 Å². The zero-order valence-corrected chi connectivity index (χ0v) is 22.1. The standard InChI is InChI=1S/C29H30FN5O4/c1-29(2,3)39-28(37)34-16-13-18(14-17-34)23-12-15-32-25-24(23)33-35(26(25)27(31)36)20-6-10-22(11-7-20)38-21-8-4-19(30)5-9-21/h4-12,15,18H,13-14,16-17H2,1-3H3,(H2,31,36). The molecule has 0 saturated carbocycles. The van der Waals surface area contributed by atoms with Gasteiger partial charge in [-0.2, -0.15) is 5.10 Å². The van der Waals surface area contributed by atoms with Crippen LogP contribution in [0.3, 0.4) is 0 Å². The minimum Gasteiger partial charge on any atom is -0.457 e. The number of benzene rings is 2. The van der Waals surface area contributed by atoms with E-state index in [1.54, 1.807) is 47.5 Å². The van der Waals surface area contributed by atoms with Crippen molar-refractivity contribution in [2.24, 2.45) is 5.73 Å². The lowest BCUT2D eigenvalue weighted by molar-refractivity contribution is 0.0205. The van der Waals surface area contributed by atoms with Crippen LogP contribution in [0.2, 0.25) is 0 Å². The molecule has 5 rings (SSSR count). The minimum absolute atomic E-state index is 0.129. The monoisotopic (exact) mass is 531 g/mol. The van der Waals surface area contributed by atoms with Gasteiger partial charge in [-0.25, -0.2) is 13.9 Å². The van der Waals surface area contributed by atoms with Crippen LogP contribution < -0.4 is 10.5 Å². The van der Waals surface area contributed by atoms with E-state index in [-0.39, 0.29) is 23.5 Å². The van der Waals surface area contributed by atoms with Crippen molar-refractivity contribution in [2.45, 2.75) is 45.1 Å². The maximum atomic E-state index is 13.2. The molecule has 2 amide bonds. The predicted molar refractivity (Wildman–Crippen MR) is 144 cm³/mol. The lowest BCUT2D eigenvalue weighted by Gasteiger charge is -2.33. The SMILES string of the molecule is CC(C)(C)OC(=O)N1CCC(c2ccnc3c(C(N)=O)n(-c4ccc(Oc5ccc(F)cc5)cc4)nc23)CC1. The topological polar surface area (TPSA) is 113 Å². The highest BCUT2D eigenvalue weighted by molar-refractivity contribution is 6.03. The van der Waals surface area contributed by atoms with E-state index in [4.69, 9.17) is 20.3 Å². The molecule has 3 heterocycles. The number of halogens is 1. The first-order chi connectivity index (χ1) is 18.6. The lowest BCUT2D eigenvalue weighted by atomic mass is 9.89. The second-order valence-corrected chi connectivity index (χ2v) is 10.5. The van der Waals surface area contributed by atoms with Crippen LogP contribution in [0.5, 0.6) is 11.5 Å². The van der Waals surface area contributed by atoms with E-state index in [9.17, 15) is 14.0 Å². The molecule has 202 valence electrons. The number of carbonyl (C=O) groups is 2. The number of fused-ring (bicyclic) bond motifs is 1. The molecule has 0 atom stereocenters. The van der Waals surface area contributed by atoms with Crippen LogP contribution in [0.25, 0.3) is 16.7 Å². The molecule has 0 unspecified atom stereocenters. The summed E-state index contributed by atoms with van der Waals surface area (Å²) >= 11 is 0. The molecule has 10 heteroatoms. The van der Waals surface area contributed by atoms with Crippen LogP contribution in [0.4, 0.5) is 9.18 Å². The van der Waals surface area contributed by atoms with E-state index < -0.39 is 11.5 Å². The van der Waals surface area contributed by atoms with Crippen molar-refractivity contribution in [1.29, 1.82) is 0 Å². The fourth-order valence-corrected chi connectivity index (χ4v) is 4.73. The van der Waals surface area contributed by atoms with Crippen molar-refractivity contribution in [3.63, 3.8) is 0 Å². The number of carbonyl (C=O) groups excluding carboxylic acids is 2. The van der Waals surface area contributed by atoms with E-state index in [1.807, 2.05) is 26.8 Å². The van der Waals surface area contributed by atoms with Crippen LogP contribution in [0, 0.1) is 5.82 Å². The maximum Gasteiger partial charge on any atom is 0.410 e. The number of ether oxygens (including phenoxy) is 2. The number of aromatic nitrogens is 3. The first-order valence-electron chi connectivity index (χ1n) is 12.8. The number of nitrogens with two attached hydrogens (primary N) is 1. The van der Waals surface area contributed by atoms with Gasteiger partial charge in [0.2, 0.25) is 0 Å². The third kappa shape index (κ3) is 5.69. The van der Waals surface area contributed by atoms with E-state index in [0.717, 1.165) is 18.4 Å². The number of pyridine rings is 1. The van der Waals surface area contributed by atoms with Gasteiger partial charge in [-0.05, 0) is 99.7 Å². The van der Waals surface area contributed by atoms with Gasteiger partial charge in [-0.15, -0.1) is 0 Å². The van der Waals surface area contributed by atoms with Crippen molar-refractivity contribution < 1.29 is 23.5 Å². The number of amides is 2. The Kier molecular flexibility index (Phi) is 6.94. The zero-order chi connectivity index (χ0) is 27.7. The summed E-state index contributed by atoms with van der Waals surface area (Å²) in [5.74, 6) is 0.180. The Morgan fingerprint density at radius 2 is 1.56 bits per heavy atom. The van der Waals surface area contributed by atoms with Crippen LogP contribution in [0.1, 0.15) is 55.6 Å². The summed E-state index contributed by atoms with van der Waals surface area (Å²) in [5, 5.41) is 4.77. The summed E-state index contributed by atoms with van der Waals surface area (Å²) in [6, 6.07) is 14.6. The van der Waals surface area contributed by atoms with Crippen molar-refractivity contribution in [2.75, 3.05) is 13.1 Å². The number of hydrogen-bond donors (Lipinski definition) is 1. The average molecular weight is 532 g/mol. The molecule has 0 radical (unpaired) electrons. The summed E-state index contributed by atoms with van der Waals surface area (Å²) < 4.78 is 26.0. The van der Waals surface area contributed by atoms with Gasteiger partial charge in [0.05, 0.1) is 5.69 Å². The zero-order valence-electron chi connectivity index (χ0n) is 22.1. The Bertz CT molecular complexity index is 1500. The molecule has 1 fully saturated rings. The van der Waals surface area contributed by atoms with Gasteiger partial charge in [-0.1, -0.05) is 0 Å². The molecule has 2 aromatic carbocycles. The predicted octanol–water partition coefficient (Wildman–Crippen LogP) is 5.57. The second kappa shape index (κ2) is 10.4. The average Bonchev–Trinajstić information content (AvgIpc) is 3.30. The number of rotatable bonds is 5. The number of primary amides is 1. The van der Waals surface area contributed by atoms with Gasteiger partial charge < -0.3 is 20.1 Å². The third-order valence-electron chi connectivity index (χ3n) is 6.54. The van der Waals surface area contributed by atoms with E-state index in [0.29, 0.717) is 41.3 Å². The molecule has 1 aliphatic rings. The molecule has 2 aromatic heterocycles. The van der Waals surface area contributed by atoms with Crippen LogP contribution in [-0.2, 0) is 4.74 Å². The van der Waals surface area contributed by atoms with Gasteiger partial charge in [0.1, 0.15) is 34.0 Å². The molecule has 39 heavy (non-hydrogen) atoms. The Morgan fingerprint density at radius 3 is 2.15 bits per heavy atom. The van der Waals surface area contributed by atoms with E-state index >= 15 is 0 Å². The summed E-state index contributed by atoms with van der Waals surface area (Å²) in [4.78, 5) is 31.2. The fraction of sp³-hybridized carbons (Fsp3) is 0.310. The third-order valence-corrected chi connectivity index (χ3v) is 6.54. The highest BCUT2D eigenvalue weighted by atomic mass is 19.1. The summed E-state index contributed by atoms with van der Waals surface area (Å²) in [6.45, 7) is 6.67. The van der Waals surface area contributed by atoms with Gasteiger partial charge in [0.25, 0.3) is 5.91 Å². The van der Waals surface area contributed by atoms with Crippen molar-refractivity contribution >= 4 is 23.0 Å². The van der Waals surface area contributed by atoms with Crippen molar-refractivity contribution in [1.82, 2.24) is 19.7 Å². The van der Waals surface area contributed by atoms with E-state index in [1.165, 1.54) is 16.8 Å². The molecule has 2 N–H and O–H groups in total. The molecular formula is C29H30FN5O4. The molecule has 4 aromatic rings. The van der Waals surface area contributed by atoms with E-state index in [2.05, 4.69) is 4.98 Å². The van der Waals surface area contributed by atoms with Gasteiger partial charge in [-0.3, -0.25) is 9.78 Å². The summed E-state index contributed by atoms with van der Waals surface area (Å²) in [6.07, 6.45) is 2.81. The Balaban J connectivity index is 1.40. The highest BCUT2D eigenvalue weighted by Crippen LogP contribution is 2.34. The van der Waals surface area contributed by atoms with Crippen LogP contribution in [0.15, 0.2) is 60.8 Å². The van der Waals surface area contributed by atoms with Crippen LogP contribution >= 0.6 is 0 Å². The molecule has 0 aliphatic carbocycles. The lowest BCUT2D eigenvalue weighted by Crippen LogP contribution is -2.41. The number of likely N-dealkylation sites (tertiary alicyclic amines) is 1. The molecule has 0 spiro atoms. The molecule has 0 bridgehead atoms. The summed E-state index contributed by atoms with van der Waals surface area (Å²) in [5.41, 5.74) is 8.03. The first kappa shape index (κ1) is 26.1. The maximum absolute atomic E-state index is 13.2. The quantitative estimate of drug-likeness (QED) is 0.361. The Morgan fingerprint density at radius 1 is 0.949 bits per heavy atom. The van der Waals surface area contributed by atoms with Gasteiger partial charge >= 0.3 is 6.09 Å². The molecule has 1 saturated heterocycles. The molecule has 9 nitrogen and oxygen atoms in total. The second-order valence-electron chi connectivity index (χ2n) is 10.5. The highest BCUT2D eigenvalue weighted by Gasteiger charge is 2.30. The van der Waals surface area contributed by atoms with Crippen molar-refractivity contribution in [3.05, 3.63) is 77.9 Å². The number of hydrogen-bond acceptors (Lipinski definition) is 6. The van der Waals surface area contributed by atoms with Gasteiger partial charge in [0, 0.05) is 19.3 Å². The minimum atomic E-state index is -0.645. The van der Waals surface area contributed by atoms with Crippen molar-refractivity contribution in [3.8, 4) is 17.2 Å². The Hall–Kier alpha value is -4.47. The van der Waals surface area contributed by atoms with Gasteiger partial charge in [0.15, 0.2) is 5.69 Å². The first-order valence-corrected chi connectivity index (χ1v) is 12.8.